The predicted octanol–water partition coefficient (Wildman–Crippen LogP) is 16.3. The van der Waals surface area contributed by atoms with Crippen LogP contribution < -0.4 is 0 Å². The van der Waals surface area contributed by atoms with Gasteiger partial charge in [0.25, 0.3) is 0 Å². The summed E-state index contributed by atoms with van der Waals surface area (Å²) in [4.78, 5) is 79.5. The van der Waals surface area contributed by atoms with Gasteiger partial charge >= 0.3 is 30.1 Å². The number of amides is 2. The Morgan fingerprint density at radius 3 is 1.02 bits per heavy atom. The fraction of sp³-hybridized carbons (Fsp3) is 0.453. The zero-order valence-corrected chi connectivity index (χ0v) is 59.9. The topological polar surface area (TPSA) is 230 Å². The molecule has 2 amide bonds. The van der Waals surface area contributed by atoms with E-state index in [-0.39, 0.29) is 83.0 Å². The Kier molecular flexibility index (Phi) is 24.1. The van der Waals surface area contributed by atoms with Gasteiger partial charge in [-0.2, -0.15) is 15.3 Å². The number of likely N-dealkylation sites (tertiary alicyclic amines) is 2. The first-order valence-electron chi connectivity index (χ1n) is 34.0. The molecule has 3 aromatic carbocycles. The van der Waals surface area contributed by atoms with E-state index in [1.807, 2.05) is 26.8 Å². The standard InChI is InChI=1S/C27H33FN4O4.C25H29FN4O4.C23H26FN3O2.ClH/c1-16(2)23-22-20(17-11-13-31(14-12-17)26(34)36-27(3,4)5)15-21(25(33)35-6)29-24(22)32(30-23)19-9-7-18(28)8-10-19;1-5-34-25(32)29-12-10-16(11-13-29)19-14-20(24(31)33-4)27-23-21(19)22(15(2)3)28-30(23)18-8-6-17(26)7-9-18;1-14(2)21-20-18(15-7-5-4-6-8-15)13-19(23(28)29-3)25-22(20)27(26-21)17-11-9-16(24)10-12-17;/h7-10,15-17H,11-14H2,1-6H3;6-9,14-16H,5,10-13H2,1-4H3;9-15H,4-8H2,1-3H3;1H. The number of hydrogen-bond donors (Lipinski definition) is 0. The second-order valence-electron chi connectivity index (χ2n) is 27.2. The summed E-state index contributed by atoms with van der Waals surface area (Å²) in [5.41, 5.74) is 9.52. The summed E-state index contributed by atoms with van der Waals surface area (Å²) in [5.74, 6) is -1.61. The fourth-order valence-corrected chi connectivity index (χ4v) is 13.3. The van der Waals surface area contributed by atoms with Crippen molar-refractivity contribution in [3.63, 3.8) is 0 Å². The van der Waals surface area contributed by atoms with Crippen LogP contribution in [-0.4, -0.2) is 144 Å². The summed E-state index contributed by atoms with van der Waals surface area (Å²) in [7, 11) is 4.01. The molecule has 100 heavy (non-hydrogen) atoms. The van der Waals surface area contributed by atoms with Crippen LogP contribution in [0.25, 0.3) is 50.2 Å². The number of carbonyl (C=O) groups is 5. The van der Waals surface area contributed by atoms with Gasteiger partial charge in [0, 0.05) is 42.3 Å². The van der Waals surface area contributed by atoms with E-state index in [2.05, 4.69) is 56.5 Å². The number of aromatic nitrogens is 9. The number of hydrogen-bond acceptors (Lipinski definition) is 16. The summed E-state index contributed by atoms with van der Waals surface area (Å²) < 4.78 is 71.3. The second kappa shape index (κ2) is 32.3. The Labute approximate surface area is 586 Å². The number of rotatable bonds is 13. The number of ether oxygens (including phenoxy) is 5. The molecule has 3 fully saturated rings. The largest absolute Gasteiger partial charge is 0.464 e. The molecule has 0 radical (unpaired) electrons. The Morgan fingerprint density at radius 1 is 0.460 bits per heavy atom. The number of esters is 3. The van der Waals surface area contributed by atoms with E-state index in [0.29, 0.717) is 91.2 Å². The van der Waals surface area contributed by atoms with E-state index in [1.165, 1.54) is 77.0 Å². The molecule has 9 aromatic rings. The number of nitrogens with zero attached hydrogens (tertiary/aromatic N) is 11. The van der Waals surface area contributed by atoms with Gasteiger partial charge in [-0.15, -0.1) is 12.4 Å². The van der Waals surface area contributed by atoms with Crippen LogP contribution in [0.4, 0.5) is 22.8 Å². The van der Waals surface area contributed by atoms with Crippen LogP contribution in [0.1, 0.15) is 228 Å². The number of piperidine rings is 2. The molecule has 3 aliphatic rings. The highest BCUT2D eigenvalue weighted by molar-refractivity contribution is 5.96. The van der Waals surface area contributed by atoms with Crippen LogP contribution in [0.3, 0.4) is 0 Å². The van der Waals surface area contributed by atoms with Crippen molar-refractivity contribution in [1.82, 2.24) is 54.1 Å². The molecule has 1 aliphatic carbocycles. The number of halogens is 4. The molecular weight excluding hydrogens is 1310 g/mol. The molecule has 0 atom stereocenters. The maximum absolute atomic E-state index is 13.6. The van der Waals surface area contributed by atoms with Crippen molar-refractivity contribution < 1.29 is 60.8 Å². The van der Waals surface area contributed by atoms with Crippen molar-refractivity contribution in [3.05, 3.63) is 159 Å². The van der Waals surface area contributed by atoms with Gasteiger partial charge in [-0.3, -0.25) is 0 Å². The van der Waals surface area contributed by atoms with E-state index in [4.69, 9.17) is 39.0 Å². The summed E-state index contributed by atoms with van der Waals surface area (Å²) >= 11 is 0. The highest BCUT2D eigenvalue weighted by Crippen LogP contribution is 2.43. The molecule has 0 N–H and O–H groups in total. The van der Waals surface area contributed by atoms with Gasteiger partial charge in [0.15, 0.2) is 34.0 Å². The Balaban J connectivity index is 0.000000175. The highest BCUT2D eigenvalue weighted by Gasteiger charge is 2.34. The number of carbonyl (C=O) groups excluding carboxylic acids is 5. The lowest BCUT2D eigenvalue weighted by Crippen LogP contribution is -2.41. The van der Waals surface area contributed by atoms with Crippen molar-refractivity contribution in [2.24, 2.45) is 0 Å². The minimum Gasteiger partial charge on any atom is -0.464 e. The van der Waals surface area contributed by atoms with Crippen molar-refractivity contribution in [1.29, 1.82) is 0 Å². The maximum atomic E-state index is 13.6. The number of pyridine rings is 3. The van der Waals surface area contributed by atoms with Crippen molar-refractivity contribution in [2.75, 3.05) is 54.1 Å². The van der Waals surface area contributed by atoms with E-state index in [9.17, 15) is 37.1 Å². The summed E-state index contributed by atoms with van der Waals surface area (Å²) in [6.07, 6.45) is 8.05. The van der Waals surface area contributed by atoms with Crippen LogP contribution in [0.2, 0.25) is 0 Å². The SMILES string of the molecule is CCOC(=O)N1CCC(c2cc(C(=O)OC)nc3c2c(C(C)C)nn3-c2ccc(F)cc2)CC1.COC(=O)c1cc(C2CCCCC2)c2c(C(C)C)nn(-c3ccc(F)cc3)c2n1.COC(=O)c1cc(C2CCN(C(=O)OC(C)(C)C)CC2)c2c(C(C)C)nn(-c3ccc(F)cc3)c2n1.Cl. The third-order valence-electron chi connectivity index (χ3n) is 18.2. The molecule has 25 heteroatoms. The minimum atomic E-state index is -0.554. The second-order valence-corrected chi connectivity index (χ2v) is 27.2. The molecule has 6 aromatic heterocycles. The lowest BCUT2D eigenvalue weighted by molar-refractivity contribution is 0.0204. The highest BCUT2D eigenvalue weighted by atomic mass is 35.5. The molecular formula is C75H89ClF3N11O10. The lowest BCUT2D eigenvalue weighted by Gasteiger charge is -2.34. The number of methoxy groups -OCH3 is 3. The summed E-state index contributed by atoms with van der Waals surface area (Å²) in [6, 6.07) is 23.7. The monoisotopic (exact) mass is 1400 g/mol. The molecule has 12 rings (SSSR count). The molecule has 1 saturated carbocycles. The van der Waals surface area contributed by atoms with E-state index >= 15 is 0 Å². The predicted molar refractivity (Wildman–Crippen MR) is 376 cm³/mol. The fourth-order valence-electron chi connectivity index (χ4n) is 13.3. The molecule has 0 spiro atoms. The van der Waals surface area contributed by atoms with Crippen LogP contribution >= 0.6 is 12.4 Å². The first-order valence-corrected chi connectivity index (χ1v) is 34.0. The maximum Gasteiger partial charge on any atom is 0.410 e. The third kappa shape index (κ3) is 16.5. The van der Waals surface area contributed by atoms with Gasteiger partial charge in [0.05, 0.1) is 62.1 Å². The van der Waals surface area contributed by atoms with Gasteiger partial charge in [-0.05, 0) is 209 Å². The van der Waals surface area contributed by atoms with Crippen LogP contribution in [0.15, 0.2) is 91.0 Å². The molecule has 0 unspecified atom stereocenters. The van der Waals surface area contributed by atoms with Crippen LogP contribution in [0, 0.1) is 17.5 Å². The van der Waals surface area contributed by atoms with E-state index < -0.39 is 23.5 Å². The van der Waals surface area contributed by atoms with Crippen LogP contribution in [0.5, 0.6) is 0 Å². The van der Waals surface area contributed by atoms with E-state index in [1.54, 1.807) is 79.3 Å². The van der Waals surface area contributed by atoms with Crippen molar-refractivity contribution >= 4 is 75.6 Å². The smallest absolute Gasteiger partial charge is 0.410 e. The van der Waals surface area contributed by atoms with Gasteiger partial charge in [-0.1, -0.05) is 60.8 Å². The first-order chi connectivity index (χ1) is 47.3. The summed E-state index contributed by atoms with van der Waals surface area (Å²) in [6.45, 7) is 22.3. The van der Waals surface area contributed by atoms with Gasteiger partial charge in [0.2, 0.25) is 0 Å². The number of fused-ring (bicyclic) bond motifs is 3. The average Bonchev–Trinajstić information content (AvgIpc) is 1.60. The molecule has 0 bridgehead atoms. The van der Waals surface area contributed by atoms with Crippen LogP contribution in [-0.2, 0) is 23.7 Å². The van der Waals surface area contributed by atoms with Crippen molar-refractivity contribution in [3.8, 4) is 17.1 Å². The van der Waals surface area contributed by atoms with Gasteiger partial charge in [-0.25, -0.2) is 66.1 Å². The molecule has 8 heterocycles. The van der Waals surface area contributed by atoms with Gasteiger partial charge < -0.3 is 33.5 Å². The average molecular weight is 1400 g/mol. The Bertz CT molecular complexity index is 4390. The third-order valence-corrected chi connectivity index (χ3v) is 18.2. The number of benzene rings is 3. The quantitative estimate of drug-likeness (QED) is 0.0771. The molecule has 2 aliphatic heterocycles. The molecule has 2 saturated heterocycles. The minimum absolute atomic E-state index is 0. The Morgan fingerprint density at radius 2 is 0.750 bits per heavy atom. The van der Waals surface area contributed by atoms with Crippen molar-refractivity contribution in [2.45, 2.75) is 168 Å². The molecule has 21 nitrogen and oxygen atoms in total. The zero-order valence-electron chi connectivity index (χ0n) is 59.1. The van der Waals surface area contributed by atoms with E-state index in [0.717, 1.165) is 75.6 Å². The van der Waals surface area contributed by atoms with Gasteiger partial charge in [0.1, 0.15) is 23.1 Å². The Hall–Kier alpha value is -9.45. The lowest BCUT2D eigenvalue weighted by atomic mass is 9.82. The zero-order chi connectivity index (χ0) is 71.1. The first kappa shape index (κ1) is 74.8. The molecule has 532 valence electrons. The summed E-state index contributed by atoms with van der Waals surface area (Å²) in [5, 5.41) is 17.3. The normalized spacial score (nSPS) is 14.8.